The molecular weight excluding hydrogens is 305 g/mol. The van der Waals surface area contributed by atoms with Gasteiger partial charge in [-0.2, -0.15) is 13.2 Å². The van der Waals surface area contributed by atoms with E-state index in [-0.39, 0.29) is 16.8 Å². The second-order valence-corrected chi connectivity index (χ2v) is 4.68. The monoisotopic (exact) mass is 316 g/mol. The highest BCUT2D eigenvalue weighted by Gasteiger charge is 2.30. The molecule has 7 heteroatoms. The van der Waals surface area contributed by atoms with E-state index in [1.54, 1.807) is 0 Å². The summed E-state index contributed by atoms with van der Waals surface area (Å²) < 4.78 is 43.4. The van der Waals surface area contributed by atoms with Crippen LogP contribution in [0.25, 0.3) is 0 Å². The number of halogens is 4. The van der Waals surface area contributed by atoms with Crippen LogP contribution in [0.1, 0.15) is 24.5 Å². The van der Waals surface area contributed by atoms with Crippen LogP contribution in [0.2, 0.25) is 5.15 Å². The van der Waals surface area contributed by atoms with Crippen LogP contribution in [0.15, 0.2) is 30.6 Å². The summed E-state index contributed by atoms with van der Waals surface area (Å²) in [7, 11) is 0. The molecule has 112 valence electrons. The number of ether oxygens (including phenoxy) is 1. The van der Waals surface area contributed by atoms with Crippen LogP contribution in [0.5, 0.6) is 11.6 Å². The van der Waals surface area contributed by atoms with Crippen LogP contribution in [0.4, 0.5) is 13.2 Å². The molecule has 21 heavy (non-hydrogen) atoms. The lowest BCUT2D eigenvalue weighted by atomic mass is 10.2. The Morgan fingerprint density at radius 3 is 2.67 bits per heavy atom. The summed E-state index contributed by atoms with van der Waals surface area (Å²) in [6.45, 7) is 1.94. The Bertz CT molecular complexity index is 632. The maximum absolute atomic E-state index is 12.7. The van der Waals surface area contributed by atoms with Gasteiger partial charge in [-0.3, -0.25) is 0 Å². The first-order chi connectivity index (χ1) is 9.91. The van der Waals surface area contributed by atoms with Crippen molar-refractivity contribution in [1.29, 1.82) is 0 Å². The molecule has 0 amide bonds. The van der Waals surface area contributed by atoms with Crippen LogP contribution >= 0.6 is 11.6 Å². The molecule has 0 bridgehead atoms. The normalized spacial score (nSPS) is 11.5. The van der Waals surface area contributed by atoms with Crippen molar-refractivity contribution in [3.63, 3.8) is 0 Å². The van der Waals surface area contributed by atoms with Crippen molar-refractivity contribution in [2.45, 2.75) is 25.9 Å². The fraction of sp³-hybridized carbons (Fsp3) is 0.286. The van der Waals surface area contributed by atoms with Gasteiger partial charge in [-0.05, 0) is 24.6 Å². The summed E-state index contributed by atoms with van der Waals surface area (Å²) >= 11 is 5.97. The smallest absolute Gasteiger partial charge is 0.416 e. The second kappa shape index (κ2) is 6.30. The summed E-state index contributed by atoms with van der Waals surface area (Å²) in [5.41, 5.74) is -0.198. The minimum Gasteiger partial charge on any atom is -0.439 e. The van der Waals surface area contributed by atoms with Gasteiger partial charge in [0.05, 0.1) is 11.1 Å². The van der Waals surface area contributed by atoms with Gasteiger partial charge in [0.25, 0.3) is 0 Å². The van der Waals surface area contributed by atoms with Crippen molar-refractivity contribution in [3.05, 3.63) is 46.9 Å². The lowest BCUT2D eigenvalue weighted by Gasteiger charge is -2.12. The number of aromatic nitrogens is 2. The van der Waals surface area contributed by atoms with Gasteiger partial charge in [0.1, 0.15) is 17.2 Å². The Morgan fingerprint density at radius 2 is 2.00 bits per heavy atom. The van der Waals surface area contributed by atoms with E-state index in [1.165, 1.54) is 18.5 Å². The molecule has 0 atom stereocenters. The SMILES string of the molecule is CCCc1c(Cl)ncnc1Oc1cccc(C(F)(F)F)c1. The number of alkyl halides is 3. The molecule has 0 saturated carbocycles. The van der Waals surface area contributed by atoms with Gasteiger partial charge < -0.3 is 4.74 Å². The van der Waals surface area contributed by atoms with Crippen molar-refractivity contribution < 1.29 is 17.9 Å². The zero-order valence-electron chi connectivity index (χ0n) is 11.1. The van der Waals surface area contributed by atoms with E-state index in [1.807, 2.05) is 6.92 Å². The third kappa shape index (κ3) is 3.85. The molecular formula is C14H12ClF3N2O. The number of hydrogen-bond donors (Lipinski definition) is 0. The first kappa shape index (κ1) is 15.6. The molecule has 1 aromatic heterocycles. The third-order valence-electron chi connectivity index (χ3n) is 2.73. The van der Waals surface area contributed by atoms with Gasteiger partial charge in [0.15, 0.2) is 0 Å². The van der Waals surface area contributed by atoms with E-state index in [4.69, 9.17) is 16.3 Å². The zero-order valence-corrected chi connectivity index (χ0v) is 11.9. The average Bonchev–Trinajstić information content (AvgIpc) is 2.42. The van der Waals surface area contributed by atoms with Gasteiger partial charge in [0.2, 0.25) is 5.88 Å². The summed E-state index contributed by atoms with van der Waals surface area (Å²) in [4.78, 5) is 7.80. The van der Waals surface area contributed by atoms with Crippen LogP contribution in [0, 0.1) is 0 Å². The fourth-order valence-corrected chi connectivity index (χ4v) is 1.99. The lowest BCUT2D eigenvalue weighted by Crippen LogP contribution is -2.05. The maximum atomic E-state index is 12.7. The van der Waals surface area contributed by atoms with Crippen molar-refractivity contribution in [2.75, 3.05) is 0 Å². The Kier molecular flexibility index (Phi) is 4.67. The fourth-order valence-electron chi connectivity index (χ4n) is 1.77. The maximum Gasteiger partial charge on any atom is 0.416 e. The minimum atomic E-state index is -4.42. The van der Waals surface area contributed by atoms with Crippen molar-refractivity contribution in [1.82, 2.24) is 9.97 Å². The Labute approximate surface area is 124 Å². The predicted octanol–water partition coefficient (Wildman–Crippen LogP) is 4.89. The molecule has 2 rings (SSSR count). The number of rotatable bonds is 4. The molecule has 0 fully saturated rings. The predicted molar refractivity (Wildman–Crippen MR) is 72.6 cm³/mol. The molecule has 0 spiro atoms. The Hall–Kier alpha value is -1.82. The van der Waals surface area contributed by atoms with E-state index in [0.717, 1.165) is 18.6 Å². The second-order valence-electron chi connectivity index (χ2n) is 4.33. The highest BCUT2D eigenvalue weighted by molar-refractivity contribution is 6.30. The summed E-state index contributed by atoms with van der Waals surface area (Å²) in [5, 5.41) is 0.244. The first-order valence-corrected chi connectivity index (χ1v) is 6.64. The largest absolute Gasteiger partial charge is 0.439 e. The molecule has 0 unspecified atom stereocenters. The Balaban J connectivity index is 2.33. The molecule has 0 aliphatic carbocycles. The topological polar surface area (TPSA) is 35.0 Å². The van der Waals surface area contributed by atoms with Crippen molar-refractivity contribution >= 4 is 11.6 Å². The third-order valence-corrected chi connectivity index (χ3v) is 3.05. The molecule has 0 radical (unpaired) electrons. The van der Waals surface area contributed by atoms with Gasteiger partial charge >= 0.3 is 6.18 Å². The van der Waals surface area contributed by atoms with Gasteiger partial charge in [0, 0.05) is 0 Å². The van der Waals surface area contributed by atoms with Gasteiger partial charge in [-0.1, -0.05) is 31.0 Å². The quantitative estimate of drug-likeness (QED) is 0.753. The highest BCUT2D eigenvalue weighted by atomic mass is 35.5. The molecule has 0 aliphatic rings. The molecule has 0 N–H and O–H groups in total. The molecule has 3 nitrogen and oxygen atoms in total. The summed E-state index contributed by atoms with van der Waals surface area (Å²) in [6.07, 6.45) is -1.85. The van der Waals surface area contributed by atoms with Crippen molar-refractivity contribution in [2.24, 2.45) is 0 Å². The average molecular weight is 317 g/mol. The van der Waals surface area contributed by atoms with Gasteiger partial charge in [-0.25, -0.2) is 9.97 Å². The summed E-state index contributed by atoms with van der Waals surface area (Å²) in [5.74, 6) is 0.230. The van der Waals surface area contributed by atoms with E-state index >= 15 is 0 Å². The van der Waals surface area contributed by atoms with E-state index in [2.05, 4.69) is 9.97 Å². The molecule has 0 saturated heterocycles. The van der Waals surface area contributed by atoms with Gasteiger partial charge in [-0.15, -0.1) is 0 Å². The number of benzene rings is 1. The summed E-state index contributed by atoms with van der Waals surface area (Å²) in [6, 6.07) is 4.61. The van der Waals surface area contributed by atoms with Crippen LogP contribution in [0.3, 0.4) is 0 Å². The number of hydrogen-bond acceptors (Lipinski definition) is 3. The standard InChI is InChI=1S/C14H12ClF3N2O/c1-2-4-11-12(15)19-8-20-13(11)21-10-6-3-5-9(7-10)14(16,17)18/h3,5-8H,2,4H2,1H3. The van der Waals surface area contributed by atoms with E-state index < -0.39 is 11.7 Å². The molecule has 0 aliphatic heterocycles. The van der Waals surface area contributed by atoms with Crippen LogP contribution in [-0.2, 0) is 12.6 Å². The number of nitrogens with zero attached hydrogens (tertiary/aromatic N) is 2. The van der Waals surface area contributed by atoms with E-state index in [0.29, 0.717) is 12.0 Å². The van der Waals surface area contributed by atoms with Crippen LogP contribution in [-0.4, -0.2) is 9.97 Å². The molecule has 2 aromatic rings. The van der Waals surface area contributed by atoms with Crippen LogP contribution < -0.4 is 4.74 Å². The highest BCUT2D eigenvalue weighted by Crippen LogP contribution is 2.33. The first-order valence-electron chi connectivity index (χ1n) is 6.26. The molecule has 1 heterocycles. The molecule has 1 aromatic carbocycles. The van der Waals surface area contributed by atoms with Crippen molar-refractivity contribution in [3.8, 4) is 11.6 Å². The lowest BCUT2D eigenvalue weighted by molar-refractivity contribution is -0.137. The zero-order chi connectivity index (χ0) is 15.5. The van der Waals surface area contributed by atoms with E-state index in [9.17, 15) is 13.2 Å². The Morgan fingerprint density at radius 1 is 1.24 bits per heavy atom. The minimum absolute atomic E-state index is 0.0527.